The molecule has 1 aromatic heterocycles. The molecular weight excluding hydrogens is 444 g/mol. The topological polar surface area (TPSA) is 103 Å². The minimum Gasteiger partial charge on any atom is -0.495 e. The van der Waals surface area contributed by atoms with Gasteiger partial charge in [-0.1, -0.05) is 12.1 Å². The van der Waals surface area contributed by atoms with Gasteiger partial charge < -0.3 is 19.4 Å². The number of aromatic nitrogens is 2. The highest BCUT2D eigenvalue weighted by atomic mass is 32.2. The number of morpholine rings is 1. The number of sulfonamides is 1. The van der Waals surface area contributed by atoms with Gasteiger partial charge >= 0.3 is 0 Å². The van der Waals surface area contributed by atoms with E-state index in [4.69, 9.17) is 9.47 Å². The summed E-state index contributed by atoms with van der Waals surface area (Å²) in [6, 6.07) is 11.8. The third-order valence-corrected chi connectivity index (χ3v) is 7.42. The molecule has 2 aromatic carbocycles. The Balaban J connectivity index is 1.51. The second kappa shape index (κ2) is 9.74. The molecule has 0 bridgehead atoms. The van der Waals surface area contributed by atoms with Gasteiger partial charge in [0.25, 0.3) is 5.91 Å². The predicted molar refractivity (Wildman–Crippen MR) is 123 cm³/mol. The summed E-state index contributed by atoms with van der Waals surface area (Å²) in [6.07, 6.45) is 3.65. The van der Waals surface area contributed by atoms with Gasteiger partial charge in [0.05, 0.1) is 20.3 Å². The maximum absolute atomic E-state index is 13.1. The number of aryl methyl sites for hydroxylation is 1. The number of methoxy groups -OCH3 is 1. The zero-order valence-corrected chi connectivity index (χ0v) is 19.3. The van der Waals surface area contributed by atoms with Crippen LogP contribution in [-0.4, -0.2) is 61.6 Å². The average molecular weight is 471 g/mol. The van der Waals surface area contributed by atoms with Gasteiger partial charge in [0.1, 0.15) is 16.5 Å². The average Bonchev–Trinajstić information content (AvgIpc) is 3.24. The van der Waals surface area contributed by atoms with E-state index in [0.717, 1.165) is 11.4 Å². The highest BCUT2D eigenvalue weighted by Gasteiger charge is 2.29. The lowest BCUT2D eigenvalue weighted by molar-refractivity contribution is 0.0729. The first-order valence-electron chi connectivity index (χ1n) is 10.5. The van der Waals surface area contributed by atoms with E-state index in [2.05, 4.69) is 10.3 Å². The molecule has 0 saturated carbocycles. The number of carbonyl (C=O) groups excluding carboxylic acids is 1. The summed E-state index contributed by atoms with van der Waals surface area (Å²) < 4.78 is 40.2. The molecule has 174 valence electrons. The highest BCUT2D eigenvalue weighted by Crippen LogP contribution is 2.30. The number of nitrogens with one attached hydrogen (secondary N) is 1. The van der Waals surface area contributed by atoms with E-state index in [0.29, 0.717) is 31.0 Å². The molecule has 0 spiro atoms. The summed E-state index contributed by atoms with van der Waals surface area (Å²) in [5.74, 6) is 0.804. The zero-order valence-electron chi connectivity index (χ0n) is 18.5. The molecule has 1 aliphatic heterocycles. The number of benzene rings is 2. The van der Waals surface area contributed by atoms with E-state index < -0.39 is 10.0 Å². The lowest BCUT2D eigenvalue weighted by atomic mass is 10.1. The molecule has 0 aliphatic carbocycles. The Kier molecular flexibility index (Phi) is 6.77. The fourth-order valence-electron chi connectivity index (χ4n) is 3.61. The standard InChI is InChI=1S/C23H26N4O5S/c1-17-24-9-10-26(17)16-18-3-5-19(6-4-18)23(28)25-20-7-8-21(31-2)22(15-20)33(29,30)27-11-13-32-14-12-27/h3-10,15H,11-14,16H2,1-2H3,(H,25,28). The van der Waals surface area contributed by atoms with Gasteiger partial charge in [-0.05, 0) is 42.8 Å². The summed E-state index contributed by atoms with van der Waals surface area (Å²) in [4.78, 5) is 17.0. The van der Waals surface area contributed by atoms with Crippen LogP contribution in [0.2, 0.25) is 0 Å². The van der Waals surface area contributed by atoms with Crippen LogP contribution in [0.15, 0.2) is 59.8 Å². The summed E-state index contributed by atoms with van der Waals surface area (Å²) in [5, 5.41) is 2.78. The largest absolute Gasteiger partial charge is 0.495 e. The Morgan fingerprint density at radius 3 is 2.52 bits per heavy atom. The van der Waals surface area contributed by atoms with Gasteiger partial charge in [-0.25, -0.2) is 13.4 Å². The summed E-state index contributed by atoms with van der Waals surface area (Å²) in [6.45, 7) is 3.82. The molecule has 1 amide bonds. The van der Waals surface area contributed by atoms with Crippen LogP contribution in [0.4, 0.5) is 5.69 Å². The van der Waals surface area contributed by atoms with Crippen molar-refractivity contribution in [3.63, 3.8) is 0 Å². The number of nitrogens with zero attached hydrogens (tertiary/aromatic N) is 3. The van der Waals surface area contributed by atoms with Crippen molar-refractivity contribution in [2.75, 3.05) is 38.7 Å². The number of anilines is 1. The number of carbonyl (C=O) groups is 1. The summed E-state index contributed by atoms with van der Waals surface area (Å²) in [7, 11) is -2.38. The van der Waals surface area contributed by atoms with Crippen LogP contribution < -0.4 is 10.1 Å². The van der Waals surface area contributed by atoms with Crippen molar-refractivity contribution < 1.29 is 22.7 Å². The predicted octanol–water partition coefficient (Wildman–Crippen LogP) is 2.52. The van der Waals surface area contributed by atoms with E-state index in [1.807, 2.05) is 29.8 Å². The van der Waals surface area contributed by atoms with E-state index in [1.54, 1.807) is 30.5 Å². The van der Waals surface area contributed by atoms with Crippen LogP contribution in [-0.2, 0) is 21.3 Å². The van der Waals surface area contributed by atoms with Crippen LogP contribution in [0.3, 0.4) is 0 Å². The van der Waals surface area contributed by atoms with Crippen molar-refractivity contribution in [1.82, 2.24) is 13.9 Å². The van der Waals surface area contributed by atoms with Crippen molar-refractivity contribution in [2.24, 2.45) is 0 Å². The Bertz CT molecular complexity index is 1230. The first kappa shape index (κ1) is 23.0. The first-order chi connectivity index (χ1) is 15.9. The monoisotopic (exact) mass is 470 g/mol. The smallest absolute Gasteiger partial charge is 0.255 e. The fourth-order valence-corrected chi connectivity index (χ4v) is 5.20. The Labute approximate surface area is 193 Å². The molecule has 1 aliphatic rings. The van der Waals surface area contributed by atoms with E-state index in [1.165, 1.54) is 17.5 Å². The molecule has 33 heavy (non-hydrogen) atoms. The lowest BCUT2D eigenvalue weighted by Crippen LogP contribution is -2.40. The molecule has 2 heterocycles. The fraction of sp³-hybridized carbons (Fsp3) is 0.304. The number of hydrogen-bond donors (Lipinski definition) is 1. The van der Waals surface area contributed by atoms with Gasteiger partial charge in [-0.15, -0.1) is 0 Å². The molecule has 0 radical (unpaired) electrons. The van der Waals surface area contributed by atoms with Crippen molar-refractivity contribution in [3.05, 3.63) is 71.8 Å². The second-order valence-corrected chi connectivity index (χ2v) is 9.54. The van der Waals surface area contributed by atoms with E-state index >= 15 is 0 Å². The molecule has 10 heteroatoms. The van der Waals surface area contributed by atoms with Crippen molar-refractivity contribution >= 4 is 21.6 Å². The van der Waals surface area contributed by atoms with Crippen molar-refractivity contribution in [2.45, 2.75) is 18.4 Å². The number of amides is 1. The van der Waals surface area contributed by atoms with Crippen molar-refractivity contribution in [3.8, 4) is 5.75 Å². The van der Waals surface area contributed by atoms with Gasteiger partial charge in [0, 0.05) is 43.3 Å². The van der Waals surface area contributed by atoms with Crippen LogP contribution >= 0.6 is 0 Å². The molecule has 0 unspecified atom stereocenters. The van der Waals surface area contributed by atoms with E-state index in [-0.39, 0.29) is 29.6 Å². The summed E-state index contributed by atoms with van der Waals surface area (Å²) in [5.41, 5.74) is 1.87. The quantitative estimate of drug-likeness (QED) is 0.569. The minimum atomic E-state index is -3.79. The lowest BCUT2D eigenvalue weighted by Gasteiger charge is -2.26. The zero-order chi connectivity index (χ0) is 23.4. The third-order valence-electron chi connectivity index (χ3n) is 5.50. The van der Waals surface area contributed by atoms with Gasteiger partial charge in [-0.3, -0.25) is 4.79 Å². The Morgan fingerprint density at radius 1 is 1.15 bits per heavy atom. The van der Waals surface area contributed by atoms with Crippen LogP contribution in [0, 0.1) is 6.92 Å². The number of ether oxygens (including phenoxy) is 2. The molecule has 1 N–H and O–H groups in total. The van der Waals surface area contributed by atoms with Crippen LogP contribution in [0.5, 0.6) is 5.75 Å². The van der Waals surface area contributed by atoms with E-state index in [9.17, 15) is 13.2 Å². The molecule has 9 nitrogen and oxygen atoms in total. The SMILES string of the molecule is COc1ccc(NC(=O)c2ccc(Cn3ccnc3C)cc2)cc1S(=O)(=O)N1CCOCC1. The van der Waals surface area contributed by atoms with Crippen LogP contribution in [0.25, 0.3) is 0 Å². The number of hydrogen-bond acceptors (Lipinski definition) is 6. The van der Waals surface area contributed by atoms with Crippen molar-refractivity contribution in [1.29, 1.82) is 0 Å². The molecule has 1 saturated heterocycles. The van der Waals surface area contributed by atoms with Gasteiger partial charge in [0.2, 0.25) is 10.0 Å². The van der Waals surface area contributed by atoms with Gasteiger partial charge in [-0.2, -0.15) is 4.31 Å². The normalized spacial score (nSPS) is 14.7. The molecule has 0 atom stereocenters. The maximum Gasteiger partial charge on any atom is 0.255 e. The Morgan fingerprint density at radius 2 is 1.88 bits per heavy atom. The maximum atomic E-state index is 13.1. The number of rotatable bonds is 7. The third kappa shape index (κ3) is 5.08. The minimum absolute atomic E-state index is 0.00995. The summed E-state index contributed by atoms with van der Waals surface area (Å²) >= 11 is 0. The van der Waals surface area contributed by atoms with Gasteiger partial charge in [0.15, 0.2) is 0 Å². The molecule has 1 fully saturated rings. The second-order valence-electron chi connectivity index (χ2n) is 7.64. The van der Waals surface area contributed by atoms with Crippen LogP contribution in [0.1, 0.15) is 21.7 Å². The molecular formula is C23H26N4O5S. The number of imidazole rings is 1. The molecule has 3 aromatic rings. The first-order valence-corrected chi connectivity index (χ1v) is 12.0. The molecule has 4 rings (SSSR count). The highest BCUT2D eigenvalue weighted by molar-refractivity contribution is 7.89. The Hall–Kier alpha value is -3.21.